The molecule has 2 aromatic carbocycles. The van der Waals surface area contributed by atoms with Crippen molar-refractivity contribution >= 4 is 46.1 Å². The van der Waals surface area contributed by atoms with E-state index in [4.69, 9.17) is 23.2 Å². The Kier molecular flexibility index (Phi) is 7.25. The quantitative estimate of drug-likeness (QED) is 0.552. The van der Waals surface area contributed by atoms with Gasteiger partial charge in [0.05, 0.1) is 28.4 Å². The second-order valence-corrected chi connectivity index (χ2v) is 6.88. The summed E-state index contributed by atoms with van der Waals surface area (Å²) in [6.07, 6.45) is 1.22. The summed E-state index contributed by atoms with van der Waals surface area (Å²) in [5.41, 5.74) is 1.80. The van der Waals surface area contributed by atoms with Crippen molar-refractivity contribution < 1.29 is 18.3 Å². The minimum Gasteiger partial charge on any atom is -0.465 e. The molecule has 1 N–H and O–H groups in total. The third-order valence-electron chi connectivity index (χ3n) is 3.60. The predicted molar refractivity (Wildman–Crippen MR) is 101 cm³/mol. The maximum Gasteiger partial charge on any atom is 0.337 e. The number of methoxy groups -OCH3 is 1. The average Bonchev–Trinajstić information content (AvgIpc) is 2.61. The number of esters is 1. The summed E-state index contributed by atoms with van der Waals surface area (Å²) in [4.78, 5) is 11.4. The highest BCUT2D eigenvalue weighted by Crippen LogP contribution is 2.26. The molecular formula is C17H17Cl2NO4S. The highest BCUT2D eigenvalue weighted by molar-refractivity contribution is 7.80. The van der Waals surface area contributed by atoms with Gasteiger partial charge in [-0.2, -0.15) is 0 Å². The average molecular weight is 402 g/mol. The van der Waals surface area contributed by atoms with Gasteiger partial charge in [0.25, 0.3) is 11.3 Å². The van der Waals surface area contributed by atoms with E-state index in [1.165, 1.54) is 11.4 Å². The Balaban J connectivity index is 2.05. The lowest BCUT2D eigenvalue weighted by Crippen LogP contribution is -2.26. The molecule has 0 amide bonds. The van der Waals surface area contributed by atoms with Crippen LogP contribution in [0.2, 0.25) is 10.0 Å². The van der Waals surface area contributed by atoms with Gasteiger partial charge < -0.3 is 4.74 Å². The Hall–Kier alpha value is -1.60. The molecule has 1 unspecified atom stereocenters. The fourth-order valence-electron chi connectivity index (χ4n) is 2.33. The van der Waals surface area contributed by atoms with E-state index >= 15 is 0 Å². The Morgan fingerprint density at radius 2 is 1.88 bits per heavy atom. The molecule has 0 aliphatic heterocycles. The summed E-state index contributed by atoms with van der Waals surface area (Å²) in [7, 11) is 1.30. The number of ether oxygens (including phenoxy) is 1. The summed E-state index contributed by atoms with van der Waals surface area (Å²) >= 11 is 9.95. The topological polar surface area (TPSA) is 66.8 Å². The minimum absolute atomic E-state index is 0.337. The van der Waals surface area contributed by atoms with Crippen LogP contribution in [0.5, 0.6) is 0 Å². The molecule has 0 aliphatic carbocycles. The van der Waals surface area contributed by atoms with E-state index in [1.54, 1.807) is 30.3 Å². The van der Waals surface area contributed by atoms with Crippen LogP contribution in [-0.2, 0) is 22.4 Å². The lowest BCUT2D eigenvalue weighted by atomic mass is 10.1. The molecule has 0 aromatic heterocycles. The monoisotopic (exact) mass is 401 g/mol. The van der Waals surface area contributed by atoms with Gasteiger partial charge in [0.2, 0.25) is 0 Å². The molecule has 0 heterocycles. The van der Waals surface area contributed by atoms with E-state index in [-0.39, 0.29) is 0 Å². The molecule has 2 aromatic rings. The van der Waals surface area contributed by atoms with Crippen molar-refractivity contribution in [2.75, 3.05) is 18.0 Å². The lowest BCUT2D eigenvalue weighted by molar-refractivity contribution is 0.0601. The van der Waals surface area contributed by atoms with Crippen molar-refractivity contribution in [3.05, 3.63) is 63.6 Å². The van der Waals surface area contributed by atoms with Crippen LogP contribution in [0.3, 0.4) is 0 Å². The smallest absolute Gasteiger partial charge is 0.337 e. The second kappa shape index (κ2) is 9.20. The number of benzene rings is 2. The largest absolute Gasteiger partial charge is 0.465 e. The van der Waals surface area contributed by atoms with Gasteiger partial charge in [-0.1, -0.05) is 35.3 Å². The number of halogens is 2. The maximum atomic E-state index is 11.6. The van der Waals surface area contributed by atoms with Crippen LogP contribution in [-0.4, -0.2) is 28.4 Å². The zero-order valence-electron chi connectivity index (χ0n) is 13.4. The van der Waals surface area contributed by atoms with Crippen LogP contribution < -0.4 is 4.31 Å². The Morgan fingerprint density at radius 3 is 2.48 bits per heavy atom. The molecule has 134 valence electrons. The predicted octanol–water partition coefficient (Wildman–Crippen LogP) is 4.36. The zero-order valence-corrected chi connectivity index (χ0v) is 15.8. The third kappa shape index (κ3) is 5.19. The number of anilines is 1. The van der Waals surface area contributed by atoms with E-state index in [2.05, 4.69) is 4.74 Å². The molecule has 25 heavy (non-hydrogen) atoms. The molecule has 0 spiro atoms. The van der Waals surface area contributed by atoms with Gasteiger partial charge in [-0.3, -0.25) is 8.86 Å². The molecule has 0 saturated carbocycles. The molecule has 0 saturated heterocycles. The van der Waals surface area contributed by atoms with Crippen LogP contribution in [0.1, 0.15) is 22.3 Å². The molecule has 1 atom stereocenters. The summed E-state index contributed by atoms with van der Waals surface area (Å²) < 4.78 is 27.1. The first kappa shape index (κ1) is 19.7. The number of rotatable bonds is 7. The molecule has 0 fully saturated rings. The van der Waals surface area contributed by atoms with E-state index in [0.717, 1.165) is 5.56 Å². The molecule has 8 heteroatoms. The van der Waals surface area contributed by atoms with Crippen molar-refractivity contribution in [2.24, 2.45) is 0 Å². The van der Waals surface area contributed by atoms with Gasteiger partial charge in [-0.05, 0) is 48.7 Å². The van der Waals surface area contributed by atoms with Crippen molar-refractivity contribution in [1.29, 1.82) is 0 Å². The summed E-state index contributed by atoms with van der Waals surface area (Å²) in [6, 6.07) is 11.7. The molecule has 0 radical (unpaired) electrons. The maximum absolute atomic E-state index is 11.6. The van der Waals surface area contributed by atoms with E-state index in [9.17, 15) is 13.6 Å². The number of carbonyl (C=O) groups excluding carboxylic acids is 1. The first-order valence-electron chi connectivity index (χ1n) is 7.44. The summed E-state index contributed by atoms with van der Waals surface area (Å²) in [5, 5.41) is 0.989. The van der Waals surface area contributed by atoms with Crippen LogP contribution in [0.15, 0.2) is 42.5 Å². The summed E-state index contributed by atoms with van der Waals surface area (Å²) in [5.74, 6) is -0.459. The standard InChI is InChI=1S/C17H17Cl2NO4S/c1-24-17(21)13-7-9-14(10-8-13)20(25(22)23)11-3-5-12-4-2-6-15(18)16(12)19/h2,4,6-10H,3,5,11H2,1H3,(H,22,23). The number of nitrogens with zero attached hydrogens (tertiary/aromatic N) is 1. The van der Waals surface area contributed by atoms with Crippen LogP contribution in [0, 0.1) is 0 Å². The van der Waals surface area contributed by atoms with Crippen LogP contribution >= 0.6 is 23.2 Å². The molecular weight excluding hydrogens is 385 g/mol. The Bertz CT molecular complexity index is 768. The fraction of sp³-hybridized carbons (Fsp3) is 0.235. The zero-order chi connectivity index (χ0) is 18.4. The highest BCUT2D eigenvalue weighted by Gasteiger charge is 2.14. The number of aryl methyl sites for hydroxylation is 1. The number of carbonyl (C=O) groups is 1. The van der Waals surface area contributed by atoms with Crippen molar-refractivity contribution in [3.8, 4) is 0 Å². The van der Waals surface area contributed by atoms with Crippen molar-refractivity contribution in [2.45, 2.75) is 12.8 Å². The van der Waals surface area contributed by atoms with Crippen molar-refractivity contribution in [3.63, 3.8) is 0 Å². The van der Waals surface area contributed by atoms with Gasteiger partial charge >= 0.3 is 5.97 Å². The number of hydrogen-bond donors (Lipinski definition) is 1. The normalized spacial score (nSPS) is 11.8. The van der Waals surface area contributed by atoms with Gasteiger partial charge in [-0.15, -0.1) is 0 Å². The van der Waals surface area contributed by atoms with Crippen molar-refractivity contribution in [1.82, 2.24) is 0 Å². The molecule has 0 bridgehead atoms. The molecule has 0 aliphatic rings. The third-order valence-corrected chi connectivity index (χ3v) is 5.23. The minimum atomic E-state index is -2.18. The fourth-order valence-corrected chi connectivity index (χ4v) is 3.34. The van der Waals surface area contributed by atoms with Gasteiger partial charge in [0.15, 0.2) is 0 Å². The first-order valence-corrected chi connectivity index (χ1v) is 9.25. The Morgan fingerprint density at radius 1 is 1.20 bits per heavy atom. The number of hydrogen-bond acceptors (Lipinski definition) is 3. The second-order valence-electron chi connectivity index (χ2n) is 5.19. The molecule has 2 rings (SSSR count). The van der Waals surface area contributed by atoms with Crippen LogP contribution in [0.4, 0.5) is 5.69 Å². The van der Waals surface area contributed by atoms with E-state index < -0.39 is 17.2 Å². The summed E-state index contributed by atoms with van der Waals surface area (Å²) in [6.45, 7) is 0.337. The molecule has 5 nitrogen and oxygen atoms in total. The van der Waals surface area contributed by atoms with E-state index in [0.29, 0.717) is 40.7 Å². The van der Waals surface area contributed by atoms with Crippen LogP contribution in [0.25, 0.3) is 0 Å². The van der Waals surface area contributed by atoms with Gasteiger partial charge in [-0.25, -0.2) is 9.00 Å². The SMILES string of the molecule is COC(=O)c1ccc(N(CCCc2cccc(Cl)c2Cl)S(=O)O)cc1. The first-order chi connectivity index (χ1) is 11.9. The van der Waals surface area contributed by atoms with Gasteiger partial charge in [0.1, 0.15) is 0 Å². The van der Waals surface area contributed by atoms with Gasteiger partial charge in [0, 0.05) is 6.54 Å². The Labute approximate surface area is 158 Å². The lowest BCUT2D eigenvalue weighted by Gasteiger charge is -2.20. The van der Waals surface area contributed by atoms with E-state index in [1.807, 2.05) is 12.1 Å². The highest BCUT2D eigenvalue weighted by atomic mass is 35.5.